The van der Waals surface area contributed by atoms with Crippen LogP contribution in [0.3, 0.4) is 0 Å². The quantitative estimate of drug-likeness (QED) is 0.914. The molecule has 0 atom stereocenters. The molecule has 2 rings (SSSR count). The molecule has 2 aromatic carbocycles. The molecule has 2 N–H and O–H groups in total. The lowest BCUT2D eigenvalue weighted by Crippen LogP contribution is -1.95. The van der Waals surface area contributed by atoms with Crippen molar-refractivity contribution in [1.29, 1.82) is 0 Å². The molecule has 0 aliphatic heterocycles. The lowest BCUT2D eigenvalue weighted by atomic mass is 10.2. The molecule has 0 fully saturated rings. The van der Waals surface area contributed by atoms with Gasteiger partial charge in [0.25, 0.3) is 0 Å². The van der Waals surface area contributed by atoms with E-state index in [1.807, 2.05) is 36.4 Å². The smallest absolute Gasteiger partial charge is 0.147 e. The molecule has 0 aromatic heterocycles. The van der Waals surface area contributed by atoms with Crippen LogP contribution < -0.4 is 10.5 Å². The van der Waals surface area contributed by atoms with Gasteiger partial charge >= 0.3 is 0 Å². The molecule has 2 nitrogen and oxygen atoms in total. The normalized spacial score (nSPS) is 10.3. The number of halogens is 2. The second kappa shape index (κ2) is 5.54. The van der Waals surface area contributed by atoms with Gasteiger partial charge in [-0.1, -0.05) is 39.7 Å². The molecule has 0 saturated carbocycles. The molecule has 0 unspecified atom stereocenters. The van der Waals surface area contributed by atoms with Crippen LogP contribution in [0.4, 0.5) is 0 Å². The third-order valence-corrected chi connectivity index (χ3v) is 3.09. The van der Waals surface area contributed by atoms with E-state index in [0.29, 0.717) is 17.3 Å². The fourth-order valence-corrected chi connectivity index (χ4v) is 1.87. The third kappa shape index (κ3) is 3.22. The summed E-state index contributed by atoms with van der Waals surface area (Å²) in [5.74, 6) is 1.36. The van der Waals surface area contributed by atoms with Gasteiger partial charge in [-0.3, -0.25) is 0 Å². The Kier molecular flexibility index (Phi) is 4.05. The summed E-state index contributed by atoms with van der Waals surface area (Å²) in [6, 6.07) is 13.1. The molecular formula is C13H11BrClNO. The number of hydrogen-bond acceptors (Lipinski definition) is 2. The van der Waals surface area contributed by atoms with Crippen LogP contribution in [0.5, 0.6) is 11.5 Å². The maximum atomic E-state index is 6.04. The van der Waals surface area contributed by atoms with Crippen LogP contribution in [0.1, 0.15) is 5.56 Å². The summed E-state index contributed by atoms with van der Waals surface area (Å²) in [5, 5.41) is 0.580. The van der Waals surface area contributed by atoms with Gasteiger partial charge in [0.2, 0.25) is 0 Å². The van der Waals surface area contributed by atoms with E-state index in [1.165, 1.54) is 0 Å². The fraction of sp³-hybridized carbons (Fsp3) is 0.0769. The van der Waals surface area contributed by atoms with E-state index in [4.69, 9.17) is 22.1 Å². The van der Waals surface area contributed by atoms with Crippen molar-refractivity contribution < 1.29 is 4.74 Å². The van der Waals surface area contributed by atoms with E-state index in [1.54, 1.807) is 6.07 Å². The lowest BCUT2D eigenvalue weighted by Gasteiger charge is -2.08. The van der Waals surface area contributed by atoms with Crippen molar-refractivity contribution in [2.45, 2.75) is 6.54 Å². The number of rotatable bonds is 3. The minimum absolute atomic E-state index is 0.526. The van der Waals surface area contributed by atoms with E-state index in [0.717, 1.165) is 15.8 Å². The molecule has 0 bridgehead atoms. The van der Waals surface area contributed by atoms with E-state index < -0.39 is 0 Å². The number of hydrogen-bond donors (Lipinski definition) is 1. The summed E-state index contributed by atoms with van der Waals surface area (Å²) >= 11 is 9.42. The Morgan fingerprint density at radius 2 is 1.82 bits per heavy atom. The summed E-state index contributed by atoms with van der Waals surface area (Å²) < 4.78 is 6.61. The highest BCUT2D eigenvalue weighted by molar-refractivity contribution is 9.10. The largest absolute Gasteiger partial charge is 0.456 e. The van der Waals surface area contributed by atoms with Crippen molar-refractivity contribution >= 4 is 27.5 Å². The number of benzene rings is 2. The Morgan fingerprint density at radius 3 is 2.47 bits per heavy atom. The van der Waals surface area contributed by atoms with Gasteiger partial charge < -0.3 is 10.5 Å². The molecule has 2 aromatic rings. The molecule has 17 heavy (non-hydrogen) atoms. The van der Waals surface area contributed by atoms with Gasteiger partial charge in [0.05, 0.1) is 5.02 Å². The first-order valence-corrected chi connectivity index (χ1v) is 6.28. The van der Waals surface area contributed by atoms with Gasteiger partial charge in [-0.25, -0.2) is 0 Å². The standard InChI is InChI=1S/C13H11BrClNO/c14-10-3-6-12(15)13(7-10)17-11-4-1-9(8-16)2-5-11/h1-7H,8,16H2. The number of ether oxygens (including phenoxy) is 1. The van der Waals surface area contributed by atoms with Crippen LogP contribution in [0.25, 0.3) is 0 Å². The first-order chi connectivity index (χ1) is 8.19. The minimum Gasteiger partial charge on any atom is -0.456 e. The van der Waals surface area contributed by atoms with E-state index in [-0.39, 0.29) is 0 Å². The van der Waals surface area contributed by atoms with Crippen LogP contribution in [0.2, 0.25) is 5.02 Å². The van der Waals surface area contributed by atoms with Crippen molar-refractivity contribution in [3.63, 3.8) is 0 Å². The summed E-state index contributed by atoms with van der Waals surface area (Å²) in [6.45, 7) is 0.526. The van der Waals surface area contributed by atoms with Crippen LogP contribution in [0.15, 0.2) is 46.9 Å². The predicted molar refractivity (Wildman–Crippen MR) is 73.6 cm³/mol. The maximum Gasteiger partial charge on any atom is 0.147 e. The molecule has 0 aliphatic carbocycles. The van der Waals surface area contributed by atoms with Crippen LogP contribution in [-0.2, 0) is 6.54 Å². The van der Waals surface area contributed by atoms with Gasteiger partial charge in [-0.05, 0) is 35.9 Å². The average Bonchev–Trinajstić information content (AvgIpc) is 2.35. The second-order valence-electron chi connectivity index (χ2n) is 3.52. The van der Waals surface area contributed by atoms with Gasteiger partial charge in [0, 0.05) is 11.0 Å². The maximum absolute atomic E-state index is 6.04. The molecule has 88 valence electrons. The zero-order valence-corrected chi connectivity index (χ0v) is 11.3. The Balaban J connectivity index is 2.22. The third-order valence-electron chi connectivity index (χ3n) is 2.28. The Morgan fingerprint density at radius 1 is 1.12 bits per heavy atom. The molecular weight excluding hydrogens is 302 g/mol. The molecule has 0 saturated heterocycles. The average molecular weight is 313 g/mol. The Bertz CT molecular complexity index is 513. The van der Waals surface area contributed by atoms with Crippen LogP contribution in [0, 0.1) is 0 Å². The molecule has 0 spiro atoms. The van der Waals surface area contributed by atoms with E-state index in [2.05, 4.69) is 15.9 Å². The molecule has 0 radical (unpaired) electrons. The zero-order chi connectivity index (χ0) is 12.3. The molecule has 4 heteroatoms. The molecule has 0 amide bonds. The number of nitrogens with two attached hydrogens (primary N) is 1. The van der Waals surface area contributed by atoms with Gasteiger partial charge in [0.1, 0.15) is 11.5 Å². The monoisotopic (exact) mass is 311 g/mol. The van der Waals surface area contributed by atoms with Crippen LogP contribution in [-0.4, -0.2) is 0 Å². The summed E-state index contributed by atoms with van der Waals surface area (Å²) in [7, 11) is 0. The predicted octanol–water partition coefficient (Wildman–Crippen LogP) is 4.35. The van der Waals surface area contributed by atoms with Crippen molar-refractivity contribution in [3.8, 4) is 11.5 Å². The summed E-state index contributed by atoms with van der Waals surface area (Å²) in [6.07, 6.45) is 0. The first kappa shape index (κ1) is 12.4. The highest BCUT2D eigenvalue weighted by atomic mass is 79.9. The van der Waals surface area contributed by atoms with E-state index >= 15 is 0 Å². The Labute approximate surface area is 113 Å². The first-order valence-electron chi connectivity index (χ1n) is 5.11. The second-order valence-corrected chi connectivity index (χ2v) is 4.85. The molecule has 0 aliphatic rings. The summed E-state index contributed by atoms with van der Waals surface area (Å²) in [4.78, 5) is 0. The van der Waals surface area contributed by atoms with Crippen molar-refractivity contribution in [3.05, 3.63) is 57.5 Å². The fourth-order valence-electron chi connectivity index (χ4n) is 1.38. The van der Waals surface area contributed by atoms with Gasteiger partial charge in [0.15, 0.2) is 0 Å². The zero-order valence-electron chi connectivity index (χ0n) is 8.99. The molecule has 0 heterocycles. The van der Waals surface area contributed by atoms with Crippen molar-refractivity contribution in [2.24, 2.45) is 5.73 Å². The topological polar surface area (TPSA) is 35.2 Å². The van der Waals surface area contributed by atoms with Gasteiger partial charge in [-0.15, -0.1) is 0 Å². The van der Waals surface area contributed by atoms with Crippen molar-refractivity contribution in [1.82, 2.24) is 0 Å². The highest BCUT2D eigenvalue weighted by Crippen LogP contribution is 2.31. The van der Waals surface area contributed by atoms with Gasteiger partial charge in [-0.2, -0.15) is 0 Å². The SMILES string of the molecule is NCc1ccc(Oc2cc(Br)ccc2Cl)cc1. The lowest BCUT2D eigenvalue weighted by molar-refractivity contribution is 0.482. The van der Waals surface area contributed by atoms with E-state index in [9.17, 15) is 0 Å². The summed E-state index contributed by atoms with van der Waals surface area (Å²) in [5.41, 5.74) is 6.60. The Hall–Kier alpha value is -1.03. The van der Waals surface area contributed by atoms with Crippen LogP contribution >= 0.6 is 27.5 Å². The van der Waals surface area contributed by atoms with Crippen molar-refractivity contribution in [2.75, 3.05) is 0 Å². The highest BCUT2D eigenvalue weighted by Gasteiger charge is 2.03. The minimum atomic E-state index is 0.526.